The fourth-order valence-corrected chi connectivity index (χ4v) is 2.68. The molecule has 0 saturated heterocycles. The standard InChI is InChI=1S/C13H13IN2O2S/c1-7-6-15-13(19-7)8(2)16-12(18)9-3-4-10(14)11(17)5-9/h3-6,8,17H,1-2H3,(H,16,18). The van der Waals surface area contributed by atoms with Gasteiger partial charge in [0.1, 0.15) is 10.8 Å². The zero-order valence-electron chi connectivity index (χ0n) is 10.5. The molecule has 2 N–H and O–H groups in total. The molecule has 1 aromatic heterocycles. The van der Waals surface area contributed by atoms with Crippen LogP contribution in [0.1, 0.15) is 33.2 Å². The minimum atomic E-state index is -0.216. The topological polar surface area (TPSA) is 62.2 Å². The van der Waals surface area contributed by atoms with E-state index in [1.54, 1.807) is 29.7 Å². The molecule has 1 aromatic carbocycles. The molecule has 0 saturated carbocycles. The van der Waals surface area contributed by atoms with E-state index in [9.17, 15) is 9.90 Å². The summed E-state index contributed by atoms with van der Waals surface area (Å²) in [5.41, 5.74) is 0.443. The highest BCUT2D eigenvalue weighted by Gasteiger charge is 2.14. The SMILES string of the molecule is Cc1cnc(C(C)NC(=O)c2ccc(I)c(O)c2)s1. The Hall–Kier alpha value is -1.15. The molecular weight excluding hydrogens is 375 g/mol. The first kappa shape index (κ1) is 14.3. The molecule has 0 radical (unpaired) electrons. The number of nitrogens with one attached hydrogen (secondary N) is 1. The number of halogens is 1. The summed E-state index contributed by atoms with van der Waals surface area (Å²) in [6, 6.07) is 4.73. The van der Waals surface area contributed by atoms with Crippen molar-refractivity contribution in [3.05, 3.63) is 43.4 Å². The Bertz CT molecular complexity index is 612. The molecular formula is C13H13IN2O2S. The van der Waals surface area contributed by atoms with E-state index in [1.807, 2.05) is 36.4 Å². The number of carbonyl (C=O) groups is 1. The maximum atomic E-state index is 12.1. The zero-order valence-corrected chi connectivity index (χ0v) is 13.4. The summed E-state index contributed by atoms with van der Waals surface area (Å²) < 4.78 is 0.720. The van der Waals surface area contributed by atoms with Gasteiger partial charge in [-0.05, 0) is 54.6 Å². The highest BCUT2D eigenvalue weighted by Crippen LogP contribution is 2.22. The average Bonchev–Trinajstić information content (AvgIpc) is 2.79. The minimum absolute atomic E-state index is 0.117. The number of amides is 1. The lowest BCUT2D eigenvalue weighted by Crippen LogP contribution is -2.26. The van der Waals surface area contributed by atoms with Crippen molar-refractivity contribution in [3.8, 4) is 5.75 Å². The van der Waals surface area contributed by atoms with Crippen LogP contribution in [0.3, 0.4) is 0 Å². The van der Waals surface area contributed by atoms with Crippen molar-refractivity contribution < 1.29 is 9.90 Å². The Labute approximate surface area is 129 Å². The van der Waals surface area contributed by atoms with Gasteiger partial charge in [-0.1, -0.05) is 0 Å². The van der Waals surface area contributed by atoms with Crippen LogP contribution in [0.15, 0.2) is 24.4 Å². The third kappa shape index (κ3) is 3.44. The van der Waals surface area contributed by atoms with Crippen LogP contribution in [0, 0.1) is 10.5 Å². The lowest BCUT2D eigenvalue weighted by molar-refractivity contribution is 0.0939. The third-order valence-electron chi connectivity index (χ3n) is 2.57. The number of aromatic nitrogens is 1. The van der Waals surface area contributed by atoms with Gasteiger partial charge in [0, 0.05) is 16.6 Å². The Morgan fingerprint density at radius 3 is 2.84 bits per heavy atom. The summed E-state index contributed by atoms with van der Waals surface area (Å²) in [4.78, 5) is 17.4. The lowest BCUT2D eigenvalue weighted by atomic mass is 10.2. The molecule has 0 bridgehead atoms. The number of carbonyl (C=O) groups excluding carboxylic acids is 1. The summed E-state index contributed by atoms with van der Waals surface area (Å²) in [7, 11) is 0. The fraction of sp³-hybridized carbons (Fsp3) is 0.231. The van der Waals surface area contributed by atoms with E-state index in [1.165, 1.54) is 6.07 Å². The molecule has 0 aliphatic rings. The number of aryl methyl sites for hydroxylation is 1. The maximum Gasteiger partial charge on any atom is 0.251 e. The van der Waals surface area contributed by atoms with Gasteiger partial charge in [-0.25, -0.2) is 4.98 Å². The molecule has 0 fully saturated rings. The average molecular weight is 388 g/mol. The summed E-state index contributed by atoms with van der Waals surface area (Å²) in [5, 5.41) is 13.3. The van der Waals surface area contributed by atoms with Crippen LogP contribution < -0.4 is 5.32 Å². The van der Waals surface area contributed by atoms with Gasteiger partial charge >= 0.3 is 0 Å². The Morgan fingerprint density at radius 2 is 2.26 bits per heavy atom. The summed E-state index contributed by atoms with van der Waals surface area (Å²) in [6.07, 6.45) is 1.79. The molecule has 0 aliphatic heterocycles. The molecule has 1 atom stereocenters. The highest BCUT2D eigenvalue weighted by atomic mass is 127. The van der Waals surface area contributed by atoms with Crippen molar-refractivity contribution in [1.29, 1.82) is 0 Å². The first-order chi connectivity index (χ1) is 8.97. The van der Waals surface area contributed by atoms with Crippen molar-refractivity contribution in [2.45, 2.75) is 19.9 Å². The quantitative estimate of drug-likeness (QED) is 0.794. The minimum Gasteiger partial charge on any atom is -0.507 e. The largest absolute Gasteiger partial charge is 0.507 e. The second-order valence-corrected chi connectivity index (χ2v) is 6.60. The third-order valence-corrected chi connectivity index (χ3v) is 4.57. The first-order valence-corrected chi connectivity index (χ1v) is 7.58. The van der Waals surface area contributed by atoms with E-state index in [4.69, 9.17) is 0 Å². The van der Waals surface area contributed by atoms with Gasteiger partial charge in [0.25, 0.3) is 5.91 Å². The van der Waals surface area contributed by atoms with Gasteiger partial charge < -0.3 is 10.4 Å². The number of aromatic hydroxyl groups is 1. The molecule has 1 unspecified atom stereocenters. The van der Waals surface area contributed by atoms with Gasteiger partial charge in [-0.3, -0.25) is 4.79 Å². The maximum absolute atomic E-state index is 12.1. The van der Waals surface area contributed by atoms with E-state index in [2.05, 4.69) is 10.3 Å². The van der Waals surface area contributed by atoms with E-state index in [0.717, 1.165) is 13.5 Å². The van der Waals surface area contributed by atoms with Crippen LogP contribution in [0.2, 0.25) is 0 Å². The van der Waals surface area contributed by atoms with Crippen molar-refractivity contribution in [3.63, 3.8) is 0 Å². The van der Waals surface area contributed by atoms with Crippen molar-refractivity contribution in [1.82, 2.24) is 10.3 Å². The number of rotatable bonds is 3. The molecule has 1 heterocycles. The lowest BCUT2D eigenvalue weighted by Gasteiger charge is -2.11. The molecule has 19 heavy (non-hydrogen) atoms. The van der Waals surface area contributed by atoms with Crippen LogP contribution in [0.25, 0.3) is 0 Å². The molecule has 6 heteroatoms. The molecule has 0 aliphatic carbocycles. The summed E-state index contributed by atoms with van der Waals surface area (Å²) in [5.74, 6) is -0.0990. The van der Waals surface area contributed by atoms with Crippen molar-refractivity contribution in [2.24, 2.45) is 0 Å². The van der Waals surface area contributed by atoms with Gasteiger partial charge in [-0.2, -0.15) is 0 Å². The van der Waals surface area contributed by atoms with Crippen LogP contribution >= 0.6 is 33.9 Å². The fourth-order valence-electron chi connectivity index (χ4n) is 1.57. The normalized spacial score (nSPS) is 12.2. The van der Waals surface area contributed by atoms with E-state index in [-0.39, 0.29) is 17.7 Å². The van der Waals surface area contributed by atoms with Crippen LogP contribution in [0.5, 0.6) is 5.75 Å². The van der Waals surface area contributed by atoms with Crippen molar-refractivity contribution >= 4 is 39.8 Å². The Kier molecular flexibility index (Phi) is 4.41. The molecule has 1 amide bonds. The molecule has 4 nitrogen and oxygen atoms in total. The number of phenolic OH excluding ortho intramolecular Hbond substituents is 1. The predicted molar refractivity (Wildman–Crippen MR) is 83.6 cm³/mol. The number of benzene rings is 1. The number of phenols is 1. The first-order valence-electron chi connectivity index (χ1n) is 5.69. The monoisotopic (exact) mass is 388 g/mol. The molecule has 2 aromatic rings. The number of hydrogen-bond donors (Lipinski definition) is 2. The molecule has 100 valence electrons. The van der Waals surface area contributed by atoms with E-state index >= 15 is 0 Å². The highest BCUT2D eigenvalue weighted by molar-refractivity contribution is 14.1. The second-order valence-electron chi connectivity index (χ2n) is 4.17. The van der Waals surface area contributed by atoms with E-state index < -0.39 is 0 Å². The van der Waals surface area contributed by atoms with Crippen LogP contribution in [-0.4, -0.2) is 16.0 Å². The van der Waals surface area contributed by atoms with Gasteiger partial charge in [0.2, 0.25) is 0 Å². The Balaban J connectivity index is 2.10. The van der Waals surface area contributed by atoms with Gasteiger partial charge in [0.05, 0.1) is 9.61 Å². The smallest absolute Gasteiger partial charge is 0.251 e. The van der Waals surface area contributed by atoms with E-state index in [0.29, 0.717) is 5.56 Å². The van der Waals surface area contributed by atoms with Crippen molar-refractivity contribution in [2.75, 3.05) is 0 Å². The zero-order chi connectivity index (χ0) is 14.0. The molecule has 2 rings (SSSR count). The number of nitrogens with zero attached hydrogens (tertiary/aromatic N) is 1. The number of thiazole rings is 1. The predicted octanol–water partition coefficient (Wildman–Crippen LogP) is 3.25. The van der Waals surface area contributed by atoms with Crippen LogP contribution in [0.4, 0.5) is 0 Å². The van der Waals surface area contributed by atoms with Gasteiger partial charge in [0.15, 0.2) is 0 Å². The summed E-state index contributed by atoms with van der Waals surface area (Å²) >= 11 is 3.57. The Morgan fingerprint density at radius 1 is 1.53 bits per heavy atom. The number of hydrogen-bond acceptors (Lipinski definition) is 4. The van der Waals surface area contributed by atoms with Crippen LogP contribution in [-0.2, 0) is 0 Å². The molecule has 0 spiro atoms. The van der Waals surface area contributed by atoms with Gasteiger partial charge in [-0.15, -0.1) is 11.3 Å². The summed E-state index contributed by atoms with van der Waals surface area (Å²) in [6.45, 7) is 3.87. The second kappa shape index (κ2) is 5.87.